The van der Waals surface area contributed by atoms with Gasteiger partial charge in [-0.2, -0.15) is 0 Å². The fourth-order valence-corrected chi connectivity index (χ4v) is 1.37. The maximum atomic E-state index is 10.8. The summed E-state index contributed by atoms with van der Waals surface area (Å²) in [6.45, 7) is 2.73. The van der Waals surface area contributed by atoms with Gasteiger partial charge >= 0.3 is 5.97 Å². The Hall–Kier alpha value is -0.830. The molecule has 3 heteroatoms. The number of nitrogens with one attached hydrogen (secondary N) is 1. The van der Waals surface area contributed by atoms with E-state index in [1.165, 1.54) is 0 Å². The molecule has 1 atom stereocenters. The van der Waals surface area contributed by atoms with Gasteiger partial charge in [0.1, 0.15) is 6.04 Å². The van der Waals surface area contributed by atoms with Crippen molar-refractivity contribution in [2.45, 2.75) is 32.2 Å². The Morgan fingerprint density at radius 1 is 1.69 bits per heavy atom. The van der Waals surface area contributed by atoms with Gasteiger partial charge in [0.25, 0.3) is 0 Å². The molecule has 0 aliphatic heterocycles. The molecule has 13 heavy (non-hydrogen) atoms. The lowest BCUT2D eigenvalue weighted by atomic mass is 10.2. The van der Waals surface area contributed by atoms with Crippen molar-refractivity contribution in [1.82, 2.24) is 5.32 Å². The standard InChI is InChI=1S/C10H17NO2/c1-2-3-4-7-11-9(10(12)13)8-5-6-8/h2-3,8-9,11H,4-7H2,1H3,(H,12,13)/b3-2+. The van der Waals surface area contributed by atoms with Gasteiger partial charge < -0.3 is 10.4 Å². The highest BCUT2D eigenvalue weighted by Gasteiger charge is 2.35. The Morgan fingerprint density at radius 2 is 2.38 bits per heavy atom. The molecule has 0 aromatic rings. The lowest BCUT2D eigenvalue weighted by Crippen LogP contribution is -2.38. The van der Waals surface area contributed by atoms with Crippen LogP contribution in [-0.2, 0) is 4.79 Å². The third-order valence-corrected chi connectivity index (χ3v) is 2.27. The van der Waals surface area contributed by atoms with Crippen molar-refractivity contribution in [2.24, 2.45) is 5.92 Å². The van der Waals surface area contributed by atoms with Crippen LogP contribution in [0.3, 0.4) is 0 Å². The fraction of sp³-hybridized carbons (Fsp3) is 0.700. The summed E-state index contributed by atoms with van der Waals surface area (Å²) in [7, 11) is 0. The molecule has 0 saturated heterocycles. The lowest BCUT2D eigenvalue weighted by molar-refractivity contribution is -0.140. The van der Waals surface area contributed by atoms with Gasteiger partial charge in [0, 0.05) is 0 Å². The van der Waals surface area contributed by atoms with E-state index in [9.17, 15) is 4.79 Å². The Bertz CT molecular complexity index is 197. The third kappa shape index (κ3) is 3.59. The summed E-state index contributed by atoms with van der Waals surface area (Å²) < 4.78 is 0. The number of rotatable bonds is 6. The first kappa shape index (κ1) is 10.3. The topological polar surface area (TPSA) is 49.3 Å². The second kappa shape index (κ2) is 5.02. The molecule has 1 aliphatic rings. The van der Waals surface area contributed by atoms with Crippen LogP contribution >= 0.6 is 0 Å². The molecule has 2 N–H and O–H groups in total. The largest absolute Gasteiger partial charge is 0.480 e. The summed E-state index contributed by atoms with van der Waals surface area (Å²) in [6.07, 6.45) is 7.06. The first-order chi connectivity index (χ1) is 6.25. The zero-order chi connectivity index (χ0) is 9.68. The predicted molar refractivity (Wildman–Crippen MR) is 51.6 cm³/mol. The van der Waals surface area contributed by atoms with E-state index in [-0.39, 0.29) is 6.04 Å². The first-order valence-corrected chi connectivity index (χ1v) is 4.83. The molecular weight excluding hydrogens is 166 g/mol. The number of allylic oxidation sites excluding steroid dienone is 1. The molecular formula is C10H17NO2. The first-order valence-electron chi connectivity index (χ1n) is 4.83. The minimum Gasteiger partial charge on any atom is -0.480 e. The van der Waals surface area contributed by atoms with Gasteiger partial charge in [-0.25, -0.2) is 0 Å². The molecule has 3 nitrogen and oxygen atoms in total. The van der Waals surface area contributed by atoms with E-state index in [1.54, 1.807) is 0 Å². The van der Waals surface area contributed by atoms with Gasteiger partial charge in [0.15, 0.2) is 0 Å². The third-order valence-electron chi connectivity index (χ3n) is 2.27. The highest BCUT2D eigenvalue weighted by Crippen LogP contribution is 2.32. The van der Waals surface area contributed by atoms with Crippen LogP contribution in [0.25, 0.3) is 0 Å². The van der Waals surface area contributed by atoms with E-state index in [1.807, 2.05) is 19.1 Å². The SMILES string of the molecule is C/C=C/CCNC(C(=O)O)C1CC1. The molecule has 1 rings (SSSR count). The van der Waals surface area contributed by atoms with Gasteiger partial charge in [0.05, 0.1) is 0 Å². The molecule has 0 spiro atoms. The molecule has 0 bridgehead atoms. The zero-order valence-electron chi connectivity index (χ0n) is 7.99. The van der Waals surface area contributed by atoms with Crippen molar-refractivity contribution in [3.05, 3.63) is 12.2 Å². The summed E-state index contributed by atoms with van der Waals surface area (Å²) in [5.74, 6) is -0.328. The Kier molecular flexibility index (Phi) is 3.96. The molecule has 0 aromatic carbocycles. The summed E-state index contributed by atoms with van der Waals surface area (Å²) in [4.78, 5) is 10.8. The van der Waals surface area contributed by atoms with Crippen LogP contribution in [0.4, 0.5) is 0 Å². The summed E-state index contributed by atoms with van der Waals surface area (Å²) >= 11 is 0. The van der Waals surface area contributed by atoms with Crippen LogP contribution in [0.15, 0.2) is 12.2 Å². The highest BCUT2D eigenvalue weighted by atomic mass is 16.4. The number of hydrogen-bond donors (Lipinski definition) is 2. The van der Waals surface area contributed by atoms with Crippen LogP contribution < -0.4 is 5.32 Å². The van der Waals surface area contributed by atoms with Crippen LogP contribution in [0.2, 0.25) is 0 Å². The molecule has 1 saturated carbocycles. The van der Waals surface area contributed by atoms with Gasteiger partial charge in [-0.15, -0.1) is 0 Å². The molecule has 1 aliphatic carbocycles. The van der Waals surface area contributed by atoms with Crippen molar-refractivity contribution in [1.29, 1.82) is 0 Å². The van der Waals surface area contributed by atoms with E-state index >= 15 is 0 Å². The summed E-state index contributed by atoms with van der Waals surface area (Å²) in [5.41, 5.74) is 0. The van der Waals surface area contributed by atoms with Crippen molar-refractivity contribution in [3.63, 3.8) is 0 Å². The molecule has 1 fully saturated rings. The van der Waals surface area contributed by atoms with Gasteiger partial charge in [0.2, 0.25) is 0 Å². The Labute approximate surface area is 78.8 Å². The highest BCUT2D eigenvalue weighted by molar-refractivity contribution is 5.74. The van der Waals surface area contributed by atoms with Crippen LogP contribution in [0.1, 0.15) is 26.2 Å². The van der Waals surface area contributed by atoms with E-state index in [2.05, 4.69) is 5.32 Å². The normalized spacial score (nSPS) is 19.2. The second-order valence-corrected chi connectivity index (χ2v) is 3.47. The minimum atomic E-state index is -0.706. The predicted octanol–water partition coefficient (Wildman–Crippen LogP) is 1.41. The van der Waals surface area contributed by atoms with Crippen molar-refractivity contribution >= 4 is 5.97 Å². The summed E-state index contributed by atoms with van der Waals surface area (Å²) in [6, 6.07) is -0.315. The van der Waals surface area contributed by atoms with E-state index < -0.39 is 5.97 Å². The van der Waals surface area contributed by atoms with E-state index in [0.717, 1.165) is 25.8 Å². The number of carboxylic acids is 1. The average molecular weight is 183 g/mol. The zero-order valence-corrected chi connectivity index (χ0v) is 7.99. The molecule has 0 amide bonds. The lowest BCUT2D eigenvalue weighted by Gasteiger charge is -2.11. The number of aliphatic carboxylic acids is 1. The van der Waals surface area contributed by atoms with Crippen molar-refractivity contribution in [3.8, 4) is 0 Å². The van der Waals surface area contributed by atoms with Gasteiger partial charge in [-0.1, -0.05) is 12.2 Å². The molecule has 74 valence electrons. The maximum absolute atomic E-state index is 10.8. The monoisotopic (exact) mass is 183 g/mol. The van der Waals surface area contributed by atoms with E-state index in [4.69, 9.17) is 5.11 Å². The average Bonchev–Trinajstić information content (AvgIpc) is 2.87. The minimum absolute atomic E-state index is 0.315. The molecule has 0 radical (unpaired) electrons. The van der Waals surface area contributed by atoms with Crippen LogP contribution in [0.5, 0.6) is 0 Å². The van der Waals surface area contributed by atoms with Crippen molar-refractivity contribution < 1.29 is 9.90 Å². The van der Waals surface area contributed by atoms with Crippen LogP contribution in [0, 0.1) is 5.92 Å². The molecule has 1 unspecified atom stereocenters. The number of hydrogen-bond acceptors (Lipinski definition) is 2. The Balaban J connectivity index is 2.18. The van der Waals surface area contributed by atoms with Crippen molar-refractivity contribution in [2.75, 3.05) is 6.54 Å². The molecule has 0 aromatic heterocycles. The Morgan fingerprint density at radius 3 is 2.85 bits per heavy atom. The number of carbonyl (C=O) groups is 1. The van der Waals surface area contributed by atoms with Crippen LogP contribution in [-0.4, -0.2) is 23.7 Å². The fourth-order valence-electron chi connectivity index (χ4n) is 1.37. The van der Waals surface area contributed by atoms with E-state index in [0.29, 0.717) is 5.92 Å². The van der Waals surface area contributed by atoms with Gasteiger partial charge in [-0.3, -0.25) is 4.79 Å². The summed E-state index contributed by atoms with van der Waals surface area (Å²) in [5, 5.41) is 11.9. The molecule has 0 heterocycles. The maximum Gasteiger partial charge on any atom is 0.320 e. The number of carboxylic acid groups (broad SMARTS) is 1. The second-order valence-electron chi connectivity index (χ2n) is 3.47. The van der Waals surface area contributed by atoms with Gasteiger partial charge in [-0.05, 0) is 38.6 Å². The quantitative estimate of drug-likeness (QED) is 0.483. The smallest absolute Gasteiger partial charge is 0.320 e.